The minimum atomic E-state index is 0.0510. The Morgan fingerprint density at radius 3 is 3.26 bits per heavy atom. The van der Waals surface area contributed by atoms with Crippen LogP contribution in [0.3, 0.4) is 0 Å². The summed E-state index contributed by atoms with van der Waals surface area (Å²) in [6.45, 7) is 4.15. The monoisotopic (exact) mass is 282 g/mol. The Kier molecular flexibility index (Phi) is 5.23. The summed E-state index contributed by atoms with van der Waals surface area (Å²) in [4.78, 5) is 0. The number of ether oxygens (including phenoxy) is 1. The maximum Gasteiger partial charge on any atom is 0.253 e. The Morgan fingerprint density at radius 1 is 1.47 bits per heavy atom. The molecule has 0 fully saturated rings. The standard InChI is InChI=1S/C14H23N3OS/c1-3-4-5-6-10-18-14-13(16-19-17-14)12-8-7-9-15-11(12)2/h8,11,15H,3-7,9-10H2,1-2H3/i2D. The molecule has 2 heterocycles. The lowest BCUT2D eigenvalue weighted by Gasteiger charge is -2.21. The smallest absolute Gasteiger partial charge is 0.253 e. The predicted octanol–water partition coefficient (Wildman–Crippen LogP) is 3.26. The van der Waals surface area contributed by atoms with Crippen LogP contribution < -0.4 is 10.1 Å². The van der Waals surface area contributed by atoms with E-state index in [2.05, 4.69) is 27.1 Å². The Balaban J connectivity index is 1.95. The van der Waals surface area contributed by atoms with Gasteiger partial charge in [0, 0.05) is 7.41 Å². The van der Waals surface area contributed by atoms with Crippen LogP contribution in [0.1, 0.15) is 53.0 Å². The molecular weight excluding hydrogens is 258 g/mol. The van der Waals surface area contributed by atoms with Crippen LogP contribution in [0.15, 0.2) is 6.08 Å². The lowest BCUT2D eigenvalue weighted by molar-refractivity contribution is 0.295. The molecule has 19 heavy (non-hydrogen) atoms. The van der Waals surface area contributed by atoms with Gasteiger partial charge in [-0.1, -0.05) is 32.3 Å². The Labute approximate surface area is 121 Å². The van der Waals surface area contributed by atoms with Gasteiger partial charge >= 0.3 is 0 Å². The van der Waals surface area contributed by atoms with Crippen LogP contribution in [-0.2, 0) is 0 Å². The molecule has 4 nitrogen and oxygen atoms in total. The fourth-order valence-electron chi connectivity index (χ4n) is 2.15. The number of nitrogens with zero attached hydrogens (tertiary/aromatic N) is 2. The molecule has 106 valence electrons. The molecule has 2 rings (SSSR count). The van der Waals surface area contributed by atoms with E-state index in [1.165, 1.54) is 31.0 Å². The zero-order valence-electron chi connectivity index (χ0n) is 12.5. The summed E-state index contributed by atoms with van der Waals surface area (Å²) in [6, 6.07) is 0.0510. The van der Waals surface area contributed by atoms with Crippen molar-refractivity contribution in [1.29, 1.82) is 0 Å². The molecule has 0 spiro atoms. The normalized spacial score (nSPS) is 19.9. The highest BCUT2D eigenvalue weighted by molar-refractivity contribution is 6.99. The van der Waals surface area contributed by atoms with E-state index in [9.17, 15) is 0 Å². The largest absolute Gasteiger partial charge is 0.475 e. The quantitative estimate of drug-likeness (QED) is 0.780. The van der Waals surface area contributed by atoms with Crippen molar-refractivity contribution in [1.82, 2.24) is 14.1 Å². The van der Waals surface area contributed by atoms with Crippen molar-refractivity contribution in [2.75, 3.05) is 13.2 Å². The van der Waals surface area contributed by atoms with Crippen molar-refractivity contribution in [2.24, 2.45) is 0 Å². The van der Waals surface area contributed by atoms with E-state index in [1.54, 1.807) is 0 Å². The number of aromatic nitrogens is 2. The number of hydrogen-bond donors (Lipinski definition) is 1. The first-order valence-corrected chi connectivity index (χ1v) is 7.78. The highest BCUT2D eigenvalue weighted by atomic mass is 32.1. The first kappa shape index (κ1) is 13.1. The lowest BCUT2D eigenvalue weighted by Crippen LogP contribution is -2.31. The third kappa shape index (κ3) is 4.01. The van der Waals surface area contributed by atoms with Gasteiger partial charge in [0.1, 0.15) is 5.69 Å². The van der Waals surface area contributed by atoms with E-state index in [0.29, 0.717) is 19.4 Å². The molecule has 1 aliphatic heterocycles. The third-order valence-electron chi connectivity index (χ3n) is 3.24. The van der Waals surface area contributed by atoms with E-state index < -0.39 is 0 Å². The minimum absolute atomic E-state index is 0.0510. The summed E-state index contributed by atoms with van der Waals surface area (Å²) in [7, 11) is 0. The van der Waals surface area contributed by atoms with Crippen molar-refractivity contribution >= 4 is 17.3 Å². The van der Waals surface area contributed by atoms with E-state index in [4.69, 9.17) is 6.11 Å². The fraction of sp³-hybridized carbons (Fsp3) is 0.714. The SMILES string of the molecule is [2H]CC1NCCC=C1c1nsnc1OCCCCCC. The average molecular weight is 282 g/mol. The first-order chi connectivity index (χ1) is 9.86. The molecule has 1 aromatic heterocycles. The Bertz CT molecular complexity index is 436. The van der Waals surface area contributed by atoms with Crippen molar-refractivity contribution < 1.29 is 6.11 Å². The second-order valence-electron chi connectivity index (χ2n) is 4.78. The number of unbranched alkanes of at least 4 members (excludes halogenated alkanes) is 3. The van der Waals surface area contributed by atoms with Crippen LogP contribution in [-0.4, -0.2) is 27.9 Å². The topological polar surface area (TPSA) is 47.0 Å². The molecule has 0 aromatic carbocycles. The van der Waals surface area contributed by atoms with Gasteiger partial charge in [-0.05, 0) is 31.9 Å². The molecule has 1 aliphatic rings. The second kappa shape index (κ2) is 7.60. The Morgan fingerprint density at radius 2 is 2.42 bits per heavy atom. The van der Waals surface area contributed by atoms with Crippen LogP contribution in [0, 0.1) is 0 Å². The molecule has 1 unspecified atom stereocenters. The summed E-state index contributed by atoms with van der Waals surface area (Å²) in [5.74, 6) is 0.639. The zero-order valence-corrected chi connectivity index (χ0v) is 12.3. The summed E-state index contributed by atoms with van der Waals surface area (Å²) < 4.78 is 22.0. The third-order valence-corrected chi connectivity index (χ3v) is 3.75. The zero-order chi connectivity index (χ0) is 14.2. The Hall–Kier alpha value is -0.940. The van der Waals surface area contributed by atoms with Crippen molar-refractivity contribution in [3.8, 4) is 5.88 Å². The second-order valence-corrected chi connectivity index (χ2v) is 5.31. The van der Waals surface area contributed by atoms with Gasteiger partial charge in [-0.2, -0.15) is 4.37 Å². The summed E-state index contributed by atoms with van der Waals surface area (Å²) >= 11 is 1.19. The predicted molar refractivity (Wildman–Crippen MR) is 79.6 cm³/mol. The van der Waals surface area contributed by atoms with E-state index in [-0.39, 0.29) is 6.04 Å². The van der Waals surface area contributed by atoms with Crippen molar-refractivity contribution in [3.63, 3.8) is 0 Å². The van der Waals surface area contributed by atoms with Gasteiger partial charge < -0.3 is 10.1 Å². The molecule has 1 N–H and O–H groups in total. The molecule has 1 aromatic rings. The minimum Gasteiger partial charge on any atom is -0.475 e. The maximum atomic E-state index is 7.63. The van der Waals surface area contributed by atoms with E-state index in [0.717, 1.165) is 30.7 Å². The van der Waals surface area contributed by atoms with Crippen LogP contribution in [0.4, 0.5) is 0 Å². The van der Waals surface area contributed by atoms with Crippen LogP contribution >= 0.6 is 11.7 Å². The van der Waals surface area contributed by atoms with Crippen molar-refractivity contribution in [3.05, 3.63) is 11.8 Å². The molecule has 1 atom stereocenters. The first-order valence-electron chi connectivity index (χ1n) is 7.76. The van der Waals surface area contributed by atoms with Gasteiger partial charge in [-0.25, -0.2) is 0 Å². The highest BCUT2D eigenvalue weighted by Crippen LogP contribution is 2.28. The van der Waals surface area contributed by atoms with Gasteiger partial charge in [0.2, 0.25) is 0 Å². The van der Waals surface area contributed by atoms with Crippen LogP contribution in [0.25, 0.3) is 5.57 Å². The van der Waals surface area contributed by atoms with Crippen molar-refractivity contribution in [2.45, 2.75) is 52.0 Å². The summed E-state index contributed by atoms with van der Waals surface area (Å²) in [5.41, 5.74) is 1.90. The van der Waals surface area contributed by atoms with Gasteiger partial charge in [-0.15, -0.1) is 4.37 Å². The average Bonchev–Trinajstić information content (AvgIpc) is 2.95. The summed E-state index contributed by atoms with van der Waals surface area (Å²) in [5, 5.41) is 3.34. The molecule has 0 saturated carbocycles. The van der Waals surface area contributed by atoms with E-state index in [1.807, 2.05) is 0 Å². The summed E-state index contributed by atoms with van der Waals surface area (Å²) in [6.07, 6.45) is 7.87. The number of hydrogen-bond acceptors (Lipinski definition) is 5. The number of rotatable bonds is 7. The molecule has 0 aliphatic carbocycles. The number of nitrogens with one attached hydrogen (secondary N) is 1. The van der Waals surface area contributed by atoms with Gasteiger partial charge in [0.15, 0.2) is 0 Å². The molecule has 0 amide bonds. The van der Waals surface area contributed by atoms with Gasteiger partial charge in [0.25, 0.3) is 5.88 Å². The lowest BCUT2D eigenvalue weighted by atomic mass is 10.0. The maximum absolute atomic E-state index is 7.63. The molecule has 0 saturated heterocycles. The molecule has 0 bridgehead atoms. The van der Waals surface area contributed by atoms with Gasteiger partial charge in [0.05, 0.1) is 18.3 Å². The molecular formula is C14H23N3OS. The van der Waals surface area contributed by atoms with Crippen LogP contribution in [0.5, 0.6) is 5.88 Å². The van der Waals surface area contributed by atoms with E-state index >= 15 is 0 Å². The van der Waals surface area contributed by atoms with Gasteiger partial charge in [-0.3, -0.25) is 0 Å². The molecule has 5 heteroatoms. The fourth-order valence-corrected chi connectivity index (χ4v) is 2.67. The molecule has 0 radical (unpaired) electrons. The van der Waals surface area contributed by atoms with Crippen LogP contribution in [0.2, 0.25) is 0 Å². The highest BCUT2D eigenvalue weighted by Gasteiger charge is 2.21.